The largest absolute Gasteiger partial charge is 0.298 e. The molecule has 0 aliphatic carbocycles. The van der Waals surface area contributed by atoms with Gasteiger partial charge in [-0.1, -0.05) is 48.5 Å². The van der Waals surface area contributed by atoms with E-state index in [1.807, 2.05) is 60.7 Å². The third-order valence-electron chi connectivity index (χ3n) is 2.93. The van der Waals surface area contributed by atoms with Gasteiger partial charge in [-0.3, -0.25) is 9.69 Å². The first-order chi connectivity index (χ1) is 10.3. The van der Waals surface area contributed by atoms with Gasteiger partial charge in [-0.15, -0.1) is 11.8 Å². The van der Waals surface area contributed by atoms with Crippen LogP contribution in [-0.4, -0.2) is 18.2 Å². The lowest BCUT2D eigenvalue weighted by Crippen LogP contribution is -2.32. The number of carbonyl (C=O) groups excluding carboxylic acids is 1. The van der Waals surface area contributed by atoms with E-state index < -0.39 is 0 Å². The van der Waals surface area contributed by atoms with Crippen molar-refractivity contribution in [3.8, 4) is 6.07 Å². The summed E-state index contributed by atoms with van der Waals surface area (Å²) >= 11 is 1.56. The minimum Gasteiger partial charge on any atom is -0.298 e. The molecule has 0 saturated carbocycles. The van der Waals surface area contributed by atoms with Crippen LogP contribution in [-0.2, 0) is 10.5 Å². The number of thioether (sulfide) groups is 1. The number of nitriles is 1. The van der Waals surface area contributed by atoms with Gasteiger partial charge in [-0.2, -0.15) is 5.26 Å². The topological polar surface area (TPSA) is 44.1 Å². The van der Waals surface area contributed by atoms with Gasteiger partial charge in [-0.25, -0.2) is 0 Å². The molecular weight excluding hydrogens is 280 g/mol. The quantitative estimate of drug-likeness (QED) is 0.767. The number of nitrogens with zero attached hydrogens (tertiary/aromatic N) is 2. The van der Waals surface area contributed by atoms with E-state index in [1.54, 1.807) is 11.8 Å². The summed E-state index contributed by atoms with van der Waals surface area (Å²) < 4.78 is 0. The summed E-state index contributed by atoms with van der Waals surface area (Å²) in [7, 11) is 0. The van der Waals surface area contributed by atoms with E-state index in [-0.39, 0.29) is 12.5 Å². The van der Waals surface area contributed by atoms with Crippen LogP contribution in [0.1, 0.15) is 5.56 Å². The lowest BCUT2D eigenvalue weighted by molar-refractivity contribution is -0.116. The van der Waals surface area contributed by atoms with E-state index in [0.29, 0.717) is 5.75 Å². The number of rotatable bonds is 6. The molecule has 4 heteroatoms. The molecule has 0 atom stereocenters. The van der Waals surface area contributed by atoms with Gasteiger partial charge < -0.3 is 0 Å². The van der Waals surface area contributed by atoms with Crippen molar-refractivity contribution in [3.63, 3.8) is 0 Å². The van der Waals surface area contributed by atoms with Gasteiger partial charge in [0.25, 0.3) is 0 Å². The van der Waals surface area contributed by atoms with Crippen LogP contribution in [0.15, 0.2) is 60.7 Å². The Morgan fingerprint density at radius 3 is 2.29 bits per heavy atom. The van der Waals surface area contributed by atoms with E-state index in [9.17, 15) is 4.79 Å². The molecule has 0 N–H and O–H groups in total. The van der Waals surface area contributed by atoms with Crippen molar-refractivity contribution in [2.75, 3.05) is 17.2 Å². The maximum atomic E-state index is 12.3. The van der Waals surface area contributed by atoms with Gasteiger partial charge in [0.2, 0.25) is 5.91 Å². The maximum Gasteiger partial charge on any atom is 0.237 e. The predicted molar refractivity (Wildman–Crippen MR) is 87.0 cm³/mol. The standard InChI is InChI=1S/C17H16N2OS/c18-11-12-19(16-9-5-2-6-10-16)17(20)14-21-13-15-7-3-1-4-8-15/h1-10H,12-14H2. The highest BCUT2D eigenvalue weighted by atomic mass is 32.2. The second-order valence-corrected chi connectivity index (χ2v) is 5.44. The van der Waals surface area contributed by atoms with Gasteiger partial charge in [-0.05, 0) is 17.7 Å². The Hall–Kier alpha value is -2.25. The molecule has 0 aromatic heterocycles. The highest BCUT2D eigenvalue weighted by Gasteiger charge is 2.14. The van der Waals surface area contributed by atoms with Crippen LogP contribution in [0.5, 0.6) is 0 Å². The minimum atomic E-state index is -0.0383. The van der Waals surface area contributed by atoms with Crippen LogP contribution < -0.4 is 4.90 Å². The second kappa shape index (κ2) is 8.13. The summed E-state index contributed by atoms with van der Waals surface area (Å²) in [6.45, 7) is 0.0781. The van der Waals surface area contributed by atoms with Gasteiger partial charge >= 0.3 is 0 Å². The van der Waals surface area contributed by atoms with E-state index in [2.05, 4.69) is 6.07 Å². The normalized spacial score (nSPS) is 9.86. The molecule has 0 unspecified atom stereocenters. The molecule has 0 saturated heterocycles. The zero-order valence-electron chi connectivity index (χ0n) is 11.6. The molecule has 3 nitrogen and oxygen atoms in total. The van der Waals surface area contributed by atoms with E-state index >= 15 is 0 Å². The lowest BCUT2D eigenvalue weighted by Gasteiger charge is -2.19. The first kappa shape index (κ1) is 15.1. The van der Waals surface area contributed by atoms with Crippen molar-refractivity contribution >= 4 is 23.4 Å². The average Bonchev–Trinajstić information content (AvgIpc) is 2.54. The monoisotopic (exact) mass is 296 g/mol. The van der Waals surface area contributed by atoms with Crippen LogP contribution in [0, 0.1) is 11.3 Å². The Morgan fingerprint density at radius 1 is 1.05 bits per heavy atom. The fourth-order valence-electron chi connectivity index (χ4n) is 1.91. The number of hydrogen-bond donors (Lipinski definition) is 0. The summed E-state index contributed by atoms with van der Waals surface area (Å²) in [5.74, 6) is 1.12. The smallest absolute Gasteiger partial charge is 0.237 e. The third kappa shape index (κ3) is 4.66. The molecule has 0 radical (unpaired) electrons. The van der Waals surface area contributed by atoms with Crippen LogP contribution >= 0.6 is 11.8 Å². The molecule has 2 rings (SSSR count). The molecule has 21 heavy (non-hydrogen) atoms. The van der Waals surface area contributed by atoms with Crippen molar-refractivity contribution in [2.24, 2.45) is 0 Å². The third-order valence-corrected chi connectivity index (χ3v) is 3.92. The van der Waals surface area contributed by atoms with E-state index in [4.69, 9.17) is 5.26 Å². The molecule has 0 aliphatic heterocycles. The van der Waals surface area contributed by atoms with Gasteiger partial charge in [0.05, 0.1) is 11.8 Å². The summed E-state index contributed by atoms with van der Waals surface area (Å²) in [4.78, 5) is 13.8. The van der Waals surface area contributed by atoms with Crippen LogP contribution in [0.4, 0.5) is 5.69 Å². The molecule has 0 spiro atoms. The summed E-state index contributed by atoms with van der Waals surface area (Å²) in [6.07, 6.45) is 0. The zero-order valence-corrected chi connectivity index (χ0v) is 12.4. The SMILES string of the molecule is N#CCN(C(=O)CSCc1ccccc1)c1ccccc1. The molecule has 2 aromatic rings. The van der Waals surface area contributed by atoms with Crippen molar-refractivity contribution in [1.82, 2.24) is 0 Å². The molecule has 0 heterocycles. The second-order valence-electron chi connectivity index (χ2n) is 4.45. The van der Waals surface area contributed by atoms with E-state index in [1.165, 1.54) is 10.5 Å². The van der Waals surface area contributed by atoms with E-state index in [0.717, 1.165) is 11.4 Å². The molecule has 0 bridgehead atoms. The lowest BCUT2D eigenvalue weighted by atomic mass is 10.2. The first-order valence-corrected chi connectivity index (χ1v) is 7.81. The van der Waals surface area contributed by atoms with Crippen LogP contribution in [0.2, 0.25) is 0 Å². The van der Waals surface area contributed by atoms with Crippen molar-refractivity contribution in [2.45, 2.75) is 5.75 Å². The average molecular weight is 296 g/mol. The number of anilines is 1. The zero-order chi connectivity index (χ0) is 14.9. The van der Waals surface area contributed by atoms with Crippen molar-refractivity contribution in [1.29, 1.82) is 5.26 Å². The molecular formula is C17H16N2OS. The number of benzene rings is 2. The van der Waals surface area contributed by atoms with Crippen molar-refractivity contribution in [3.05, 3.63) is 66.2 Å². The molecule has 2 aromatic carbocycles. The number of hydrogen-bond acceptors (Lipinski definition) is 3. The van der Waals surface area contributed by atoms with Gasteiger partial charge in [0.1, 0.15) is 6.54 Å². The molecule has 0 aliphatic rings. The Balaban J connectivity index is 1.92. The minimum absolute atomic E-state index is 0.0383. The first-order valence-electron chi connectivity index (χ1n) is 6.65. The van der Waals surface area contributed by atoms with Gasteiger partial charge in [0, 0.05) is 11.4 Å². The Kier molecular flexibility index (Phi) is 5.86. The maximum absolute atomic E-state index is 12.3. The summed E-state index contributed by atoms with van der Waals surface area (Å²) in [6, 6.07) is 21.4. The Bertz CT molecular complexity index is 608. The van der Waals surface area contributed by atoms with Crippen LogP contribution in [0.3, 0.4) is 0 Å². The predicted octanol–water partition coefficient (Wildman–Crippen LogP) is 3.48. The summed E-state index contributed by atoms with van der Waals surface area (Å²) in [5, 5.41) is 8.90. The summed E-state index contributed by atoms with van der Waals surface area (Å²) in [5.41, 5.74) is 1.96. The molecule has 1 amide bonds. The highest BCUT2D eigenvalue weighted by molar-refractivity contribution is 7.99. The van der Waals surface area contributed by atoms with Gasteiger partial charge in [0.15, 0.2) is 0 Å². The van der Waals surface area contributed by atoms with Crippen LogP contribution in [0.25, 0.3) is 0 Å². The fraction of sp³-hybridized carbons (Fsp3) is 0.176. The molecule has 106 valence electrons. The molecule has 0 fully saturated rings. The highest BCUT2D eigenvalue weighted by Crippen LogP contribution is 2.17. The Morgan fingerprint density at radius 2 is 1.67 bits per heavy atom. The fourth-order valence-corrected chi connectivity index (χ4v) is 2.77. The number of para-hydroxylation sites is 1. The number of amides is 1. The van der Waals surface area contributed by atoms with Crippen molar-refractivity contribution < 1.29 is 4.79 Å². The Labute approximate surface area is 129 Å². The number of carbonyl (C=O) groups is 1.